The molecule has 1 aliphatic heterocycles. The second-order valence-electron chi connectivity index (χ2n) is 5.34. The van der Waals surface area contributed by atoms with Crippen LogP contribution in [0.4, 0.5) is 10.8 Å². The van der Waals surface area contributed by atoms with Gasteiger partial charge in [0.25, 0.3) is 0 Å². The lowest BCUT2D eigenvalue weighted by molar-refractivity contribution is 0.262. The zero-order valence-electron chi connectivity index (χ0n) is 12.3. The van der Waals surface area contributed by atoms with Crippen LogP contribution in [0.25, 0.3) is 0 Å². The van der Waals surface area contributed by atoms with Crippen molar-refractivity contribution in [2.75, 3.05) is 37.9 Å². The summed E-state index contributed by atoms with van der Waals surface area (Å²) in [7, 11) is -0.663. The van der Waals surface area contributed by atoms with Crippen LogP contribution in [0.1, 0.15) is 25.7 Å². The van der Waals surface area contributed by atoms with Gasteiger partial charge in [-0.05, 0) is 37.2 Å². The third-order valence-corrected chi connectivity index (χ3v) is 6.65. The SMILES string of the molecule is CN(C)S(=O)(=O)c1c(N)nsc1N1CCCCC1CCO. The van der Waals surface area contributed by atoms with Crippen molar-refractivity contribution in [3.05, 3.63) is 0 Å². The van der Waals surface area contributed by atoms with Gasteiger partial charge in [-0.1, -0.05) is 0 Å². The lowest BCUT2D eigenvalue weighted by Gasteiger charge is -2.36. The molecule has 0 amide bonds. The van der Waals surface area contributed by atoms with Crippen LogP contribution in [0, 0.1) is 0 Å². The number of nitrogen functional groups attached to an aromatic ring is 1. The number of rotatable bonds is 5. The molecule has 1 aromatic rings. The average Bonchev–Trinajstić information content (AvgIpc) is 2.82. The highest BCUT2D eigenvalue weighted by Gasteiger charge is 2.33. The van der Waals surface area contributed by atoms with Crippen molar-refractivity contribution in [2.45, 2.75) is 36.6 Å². The second kappa shape index (κ2) is 6.47. The molecule has 1 aliphatic rings. The van der Waals surface area contributed by atoms with E-state index < -0.39 is 10.0 Å². The zero-order valence-corrected chi connectivity index (χ0v) is 14.0. The third-order valence-electron chi connectivity index (χ3n) is 3.75. The van der Waals surface area contributed by atoms with Gasteiger partial charge in [0, 0.05) is 33.3 Å². The molecule has 0 aromatic carbocycles. The molecule has 2 heterocycles. The van der Waals surface area contributed by atoms with E-state index in [0.717, 1.165) is 41.6 Å². The largest absolute Gasteiger partial charge is 0.396 e. The molecule has 7 nitrogen and oxygen atoms in total. The number of anilines is 2. The lowest BCUT2D eigenvalue weighted by Crippen LogP contribution is -2.40. The molecular formula is C12H22N4O3S2. The van der Waals surface area contributed by atoms with Crippen LogP contribution in [0.5, 0.6) is 0 Å². The van der Waals surface area contributed by atoms with Crippen LogP contribution in [-0.4, -0.2) is 55.5 Å². The summed E-state index contributed by atoms with van der Waals surface area (Å²) in [4.78, 5) is 2.15. The number of nitrogens with two attached hydrogens (primary N) is 1. The molecule has 0 bridgehead atoms. The predicted octanol–water partition coefficient (Wildman–Crippen LogP) is 0.717. The molecular weight excluding hydrogens is 312 g/mol. The molecule has 0 spiro atoms. The van der Waals surface area contributed by atoms with E-state index in [-0.39, 0.29) is 23.4 Å². The first-order valence-electron chi connectivity index (χ1n) is 6.94. The van der Waals surface area contributed by atoms with Crippen LogP contribution in [0.15, 0.2) is 4.90 Å². The van der Waals surface area contributed by atoms with Gasteiger partial charge in [-0.25, -0.2) is 12.7 Å². The normalized spacial score (nSPS) is 20.2. The molecule has 3 N–H and O–H groups in total. The first-order chi connectivity index (χ1) is 9.89. The van der Waals surface area contributed by atoms with Gasteiger partial charge in [0.15, 0.2) is 10.7 Å². The Morgan fingerprint density at radius 1 is 1.48 bits per heavy atom. The lowest BCUT2D eigenvalue weighted by atomic mass is 10.00. The van der Waals surface area contributed by atoms with Gasteiger partial charge in [-0.2, -0.15) is 4.37 Å². The molecule has 1 aromatic heterocycles. The molecule has 9 heteroatoms. The minimum atomic E-state index is -3.63. The number of aliphatic hydroxyl groups is 1. The van der Waals surface area contributed by atoms with Crippen molar-refractivity contribution in [1.82, 2.24) is 8.68 Å². The van der Waals surface area contributed by atoms with E-state index in [0.29, 0.717) is 11.4 Å². The van der Waals surface area contributed by atoms with E-state index in [1.165, 1.54) is 14.1 Å². The Hall–Kier alpha value is -0.900. The molecule has 2 rings (SSSR count). The number of nitrogens with zero attached hydrogens (tertiary/aromatic N) is 3. The maximum absolute atomic E-state index is 12.5. The van der Waals surface area contributed by atoms with Gasteiger partial charge >= 0.3 is 0 Å². The molecule has 1 saturated heterocycles. The van der Waals surface area contributed by atoms with Crippen molar-refractivity contribution in [1.29, 1.82) is 0 Å². The van der Waals surface area contributed by atoms with Gasteiger partial charge in [0.05, 0.1) is 0 Å². The smallest absolute Gasteiger partial charge is 0.249 e. The summed E-state index contributed by atoms with van der Waals surface area (Å²) >= 11 is 1.12. The van der Waals surface area contributed by atoms with Gasteiger partial charge in [0.1, 0.15) is 5.00 Å². The Morgan fingerprint density at radius 2 is 2.19 bits per heavy atom. The van der Waals surface area contributed by atoms with E-state index in [2.05, 4.69) is 4.37 Å². The molecule has 21 heavy (non-hydrogen) atoms. The van der Waals surface area contributed by atoms with Gasteiger partial charge in [-0.3, -0.25) is 0 Å². The van der Waals surface area contributed by atoms with E-state index in [9.17, 15) is 13.5 Å². The molecule has 1 atom stereocenters. The van der Waals surface area contributed by atoms with Crippen molar-refractivity contribution in [2.24, 2.45) is 0 Å². The van der Waals surface area contributed by atoms with E-state index in [4.69, 9.17) is 5.73 Å². The minimum absolute atomic E-state index is 0.0528. The fourth-order valence-electron chi connectivity index (χ4n) is 2.61. The van der Waals surface area contributed by atoms with E-state index in [1.807, 2.05) is 4.90 Å². The molecule has 1 fully saturated rings. The van der Waals surface area contributed by atoms with Crippen molar-refractivity contribution in [3.63, 3.8) is 0 Å². The Kier molecular flexibility index (Phi) is 5.07. The average molecular weight is 334 g/mol. The summed E-state index contributed by atoms with van der Waals surface area (Å²) in [6.45, 7) is 0.855. The number of piperidine rings is 1. The maximum atomic E-state index is 12.5. The highest BCUT2D eigenvalue weighted by Crippen LogP contribution is 2.39. The minimum Gasteiger partial charge on any atom is -0.396 e. The third kappa shape index (κ3) is 3.15. The van der Waals surface area contributed by atoms with Crippen LogP contribution < -0.4 is 10.6 Å². The highest BCUT2D eigenvalue weighted by molar-refractivity contribution is 7.89. The summed E-state index contributed by atoms with van der Waals surface area (Å²) in [5.74, 6) is 0.0528. The Bertz CT molecular complexity index is 583. The van der Waals surface area contributed by atoms with Crippen molar-refractivity contribution < 1.29 is 13.5 Å². The summed E-state index contributed by atoms with van der Waals surface area (Å²) in [5.41, 5.74) is 5.81. The summed E-state index contributed by atoms with van der Waals surface area (Å²) in [6.07, 6.45) is 3.66. The Labute approximate surface area is 129 Å². The topological polar surface area (TPSA) is 99.8 Å². The summed E-state index contributed by atoms with van der Waals surface area (Å²) < 4.78 is 30.2. The van der Waals surface area contributed by atoms with Gasteiger partial charge in [0.2, 0.25) is 10.0 Å². The predicted molar refractivity (Wildman–Crippen MR) is 84.1 cm³/mol. The fraction of sp³-hybridized carbons (Fsp3) is 0.750. The van der Waals surface area contributed by atoms with E-state index >= 15 is 0 Å². The first-order valence-corrected chi connectivity index (χ1v) is 9.16. The monoisotopic (exact) mass is 334 g/mol. The molecule has 0 radical (unpaired) electrons. The quantitative estimate of drug-likeness (QED) is 0.823. The van der Waals surface area contributed by atoms with Crippen LogP contribution in [0.3, 0.4) is 0 Å². The summed E-state index contributed by atoms with van der Waals surface area (Å²) in [6, 6.07) is 0.139. The maximum Gasteiger partial charge on any atom is 0.249 e. The van der Waals surface area contributed by atoms with Crippen molar-refractivity contribution >= 4 is 32.4 Å². The number of aliphatic hydroxyl groups excluding tert-OH is 1. The Morgan fingerprint density at radius 3 is 2.81 bits per heavy atom. The van der Waals surface area contributed by atoms with Crippen molar-refractivity contribution in [3.8, 4) is 0 Å². The molecule has 1 unspecified atom stereocenters. The standard InChI is InChI=1S/C12H22N4O3S2/c1-15(2)21(18,19)10-11(13)14-20-12(10)16-7-4-3-5-9(16)6-8-17/h9,17H,3-8H2,1-2H3,(H2,13,14). The number of hydrogen-bond donors (Lipinski definition) is 2. The first kappa shape index (κ1) is 16.5. The van der Waals surface area contributed by atoms with Crippen LogP contribution >= 0.6 is 11.5 Å². The zero-order chi connectivity index (χ0) is 15.6. The second-order valence-corrected chi connectivity index (χ2v) is 8.19. The van der Waals surface area contributed by atoms with Gasteiger partial charge < -0.3 is 15.7 Å². The number of aromatic nitrogens is 1. The Balaban J connectivity index is 2.45. The van der Waals surface area contributed by atoms with Gasteiger partial charge in [-0.15, -0.1) is 0 Å². The molecule has 0 aliphatic carbocycles. The highest BCUT2D eigenvalue weighted by atomic mass is 32.2. The molecule has 120 valence electrons. The van der Waals surface area contributed by atoms with Crippen LogP contribution in [0.2, 0.25) is 0 Å². The fourth-order valence-corrected chi connectivity index (χ4v) is 4.92. The van der Waals surface area contributed by atoms with E-state index in [1.54, 1.807) is 0 Å². The van der Waals surface area contributed by atoms with Crippen LogP contribution in [-0.2, 0) is 10.0 Å². The molecule has 0 saturated carbocycles. The number of hydrogen-bond acceptors (Lipinski definition) is 7. The number of sulfonamides is 1. The summed E-state index contributed by atoms with van der Waals surface area (Å²) in [5, 5.41) is 9.81.